The molecule has 1 atom stereocenters. The van der Waals surface area contributed by atoms with E-state index in [1.165, 1.54) is 0 Å². The first-order chi connectivity index (χ1) is 9.63. The molecule has 2 aromatic rings. The van der Waals surface area contributed by atoms with Crippen LogP contribution in [0.3, 0.4) is 0 Å². The maximum absolute atomic E-state index is 12.5. The molecule has 0 aliphatic rings. The molecule has 0 aliphatic heterocycles. The van der Waals surface area contributed by atoms with Crippen LogP contribution in [-0.2, 0) is 4.79 Å². The number of benzene rings is 1. The van der Waals surface area contributed by atoms with E-state index < -0.39 is 0 Å². The zero-order valence-electron chi connectivity index (χ0n) is 12.3. The first kappa shape index (κ1) is 14.3. The lowest BCUT2D eigenvalue weighted by Crippen LogP contribution is -2.45. The van der Waals surface area contributed by atoms with E-state index in [4.69, 9.17) is 0 Å². The molecule has 0 bridgehead atoms. The summed E-state index contributed by atoms with van der Waals surface area (Å²) in [6.07, 6.45) is 4.61. The molecule has 0 spiro atoms. The Hall–Kier alpha value is -2.16. The van der Waals surface area contributed by atoms with Crippen LogP contribution >= 0.6 is 0 Å². The molecule has 3 heteroatoms. The fourth-order valence-electron chi connectivity index (χ4n) is 2.37. The molecule has 104 valence electrons. The van der Waals surface area contributed by atoms with Crippen LogP contribution in [0.25, 0.3) is 0 Å². The number of amides is 1. The van der Waals surface area contributed by atoms with Gasteiger partial charge in [-0.25, -0.2) is 0 Å². The van der Waals surface area contributed by atoms with Gasteiger partial charge in [0.05, 0.1) is 0 Å². The summed E-state index contributed by atoms with van der Waals surface area (Å²) >= 11 is 0. The number of carbonyl (C=O) groups is 1. The van der Waals surface area contributed by atoms with Crippen LogP contribution < -0.4 is 9.88 Å². The monoisotopic (exact) mass is 269 g/mol. The largest absolute Gasteiger partial charge is 0.320 e. The van der Waals surface area contributed by atoms with Crippen molar-refractivity contribution < 1.29 is 9.36 Å². The standard InChI is InChI=1S/C17H20N2O/c1-4-15(19-11-6-5-7-12-19)17(20)18-16-13(2)9-8-10-14(16)3/h5-12,15H,4H2,1-3H3/p+1. The molecule has 0 saturated heterocycles. The molecule has 20 heavy (non-hydrogen) atoms. The fraction of sp³-hybridized carbons (Fsp3) is 0.294. The number of aryl methyl sites for hydroxylation is 2. The lowest BCUT2D eigenvalue weighted by molar-refractivity contribution is -0.709. The predicted octanol–water partition coefficient (Wildman–Crippen LogP) is 3.18. The summed E-state index contributed by atoms with van der Waals surface area (Å²) in [5.41, 5.74) is 3.10. The summed E-state index contributed by atoms with van der Waals surface area (Å²) in [4.78, 5) is 12.5. The second-order valence-electron chi connectivity index (χ2n) is 5.00. The van der Waals surface area contributed by atoms with Crippen molar-refractivity contribution in [1.29, 1.82) is 0 Å². The van der Waals surface area contributed by atoms with Crippen molar-refractivity contribution in [3.05, 3.63) is 59.9 Å². The number of carbonyl (C=O) groups excluding carboxylic acids is 1. The number of nitrogens with one attached hydrogen (secondary N) is 1. The van der Waals surface area contributed by atoms with Gasteiger partial charge in [-0.1, -0.05) is 31.2 Å². The Bertz CT molecular complexity index is 573. The zero-order valence-corrected chi connectivity index (χ0v) is 12.3. The quantitative estimate of drug-likeness (QED) is 0.850. The average Bonchev–Trinajstić information content (AvgIpc) is 2.45. The summed E-state index contributed by atoms with van der Waals surface area (Å²) in [6.45, 7) is 6.05. The summed E-state index contributed by atoms with van der Waals surface area (Å²) in [5.74, 6) is 0.0288. The van der Waals surface area contributed by atoms with Gasteiger partial charge in [0.1, 0.15) is 0 Å². The maximum atomic E-state index is 12.5. The van der Waals surface area contributed by atoms with Crippen LogP contribution in [0.5, 0.6) is 0 Å². The van der Waals surface area contributed by atoms with Gasteiger partial charge in [-0.15, -0.1) is 0 Å². The van der Waals surface area contributed by atoms with Crippen LogP contribution in [0.1, 0.15) is 30.5 Å². The van der Waals surface area contributed by atoms with E-state index in [0.717, 1.165) is 23.2 Å². The molecule has 3 nitrogen and oxygen atoms in total. The van der Waals surface area contributed by atoms with Gasteiger partial charge < -0.3 is 5.32 Å². The van der Waals surface area contributed by atoms with Crippen molar-refractivity contribution in [2.24, 2.45) is 0 Å². The molecule has 1 unspecified atom stereocenters. The van der Waals surface area contributed by atoms with Crippen molar-refractivity contribution in [2.75, 3.05) is 5.32 Å². The molecule has 0 saturated carbocycles. The minimum Gasteiger partial charge on any atom is -0.320 e. The number of hydrogen-bond donors (Lipinski definition) is 1. The van der Waals surface area contributed by atoms with Crippen LogP contribution in [0.15, 0.2) is 48.8 Å². The normalized spacial score (nSPS) is 11.9. The van der Waals surface area contributed by atoms with E-state index in [1.807, 2.05) is 74.1 Å². The van der Waals surface area contributed by atoms with Crippen molar-refractivity contribution in [3.8, 4) is 0 Å². The number of aromatic nitrogens is 1. The van der Waals surface area contributed by atoms with Gasteiger partial charge in [0, 0.05) is 24.2 Å². The molecule has 1 aromatic carbocycles. The third-order valence-corrected chi connectivity index (χ3v) is 3.52. The van der Waals surface area contributed by atoms with Gasteiger partial charge in [0.2, 0.25) is 6.04 Å². The van der Waals surface area contributed by atoms with Crippen molar-refractivity contribution in [2.45, 2.75) is 33.2 Å². The molecular formula is C17H21N2O+. The summed E-state index contributed by atoms with van der Waals surface area (Å²) in [7, 11) is 0. The van der Waals surface area contributed by atoms with E-state index in [0.29, 0.717) is 0 Å². The van der Waals surface area contributed by atoms with Crippen molar-refractivity contribution in [1.82, 2.24) is 0 Å². The Labute approximate surface area is 120 Å². The van der Waals surface area contributed by atoms with Gasteiger partial charge in [0.15, 0.2) is 12.4 Å². The second-order valence-corrected chi connectivity index (χ2v) is 5.00. The highest BCUT2D eigenvalue weighted by Crippen LogP contribution is 2.20. The van der Waals surface area contributed by atoms with Gasteiger partial charge in [0.25, 0.3) is 5.91 Å². The molecule has 1 heterocycles. The molecule has 1 N–H and O–H groups in total. The highest BCUT2D eigenvalue weighted by molar-refractivity contribution is 5.94. The number of hydrogen-bond acceptors (Lipinski definition) is 1. The highest BCUT2D eigenvalue weighted by atomic mass is 16.2. The van der Waals surface area contributed by atoms with Crippen LogP contribution in [0.4, 0.5) is 5.69 Å². The number of rotatable bonds is 4. The Kier molecular flexibility index (Phi) is 4.51. The Balaban J connectivity index is 2.23. The summed E-state index contributed by atoms with van der Waals surface area (Å²) in [6, 6.07) is 11.7. The third-order valence-electron chi connectivity index (χ3n) is 3.52. The van der Waals surface area contributed by atoms with Crippen LogP contribution in [0.2, 0.25) is 0 Å². The minimum atomic E-state index is -0.185. The molecule has 2 rings (SSSR count). The molecule has 1 amide bonds. The molecular weight excluding hydrogens is 248 g/mol. The molecule has 0 aliphatic carbocycles. The smallest absolute Gasteiger partial charge is 0.293 e. The fourth-order valence-corrected chi connectivity index (χ4v) is 2.37. The number of para-hydroxylation sites is 1. The van der Waals surface area contributed by atoms with Gasteiger partial charge in [-0.3, -0.25) is 4.79 Å². The summed E-state index contributed by atoms with van der Waals surface area (Å²) < 4.78 is 1.95. The third kappa shape index (κ3) is 3.05. The average molecular weight is 269 g/mol. The van der Waals surface area contributed by atoms with E-state index in [2.05, 4.69) is 5.32 Å². The zero-order chi connectivity index (χ0) is 14.5. The number of anilines is 1. The minimum absolute atomic E-state index is 0.0288. The summed E-state index contributed by atoms with van der Waals surface area (Å²) in [5, 5.41) is 3.07. The lowest BCUT2D eigenvalue weighted by Gasteiger charge is -2.14. The molecule has 1 aromatic heterocycles. The first-order valence-corrected chi connectivity index (χ1v) is 6.96. The van der Waals surface area contributed by atoms with E-state index in [1.54, 1.807) is 0 Å². The van der Waals surface area contributed by atoms with E-state index in [-0.39, 0.29) is 11.9 Å². The highest BCUT2D eigenvalue weighted by Gasteiger charge is 2.25. The molecule has 0 fully saturated rings. The Morgan fingerprint density at radius 1 is 1.10 bits per heavy atom. The lowest BCUT2D eigenvalue weighted by atomic mass is 10.1. The number of pyridine rings is 1. The van der Waals surface area contributed by atoms with Crippen molar-refractivity contribution >= 4 is 11.6 Å². The van der Waals surface area contributed by atoms with Crippen LogP contribution in [-0.4, -0.2) is 5.91 Å². The van der Waals surface area contributed by atoms with Gasteiger partial charge in [-0.05, 0) is 25.0 Å². The van der Waals surface area contributed by atoms with Crippen molar-refractivity contribution in [3.63, 3.8) is 0 Å². The first-order valence-electron chi connectivity index (χ1n) is 6.96. The van der Waals surface area contributed by atoms with Gasteiger partial charge in [-0.2, -0.15) is 4.57 Å². The predicted molar refractivity (Wildman–Crippen MR) is 80.5 cm³/mol. The SMILES string of the molecule is CCC(C(=O)Nc1c(C)cccc1C)[n+]1ccccc1. The number of nitrogens with zero attached hydrogens (tertiary/aromatic N) is 1. The topological polar surface area (TPSA) is 33.0 Å². The molecule has 0 radical (unpaired) electrons. The second kappa shape index (κ2) is 6.33. The Morgan fingerprint density at radius 3 is 2.25 bits per heavy atom. The Morgan fingerprint density at radius 2 is 1.70 bits per heavy atom. The van der Waals surface area contributed by atoms with E-state index in [9.17, 15) is 4.79 Å². The van der Waals surface area contributed by atoms with Crippen LogP contribution in [0, 0.1) is 13.8 Å². The van der Waals surface area contributed by atoms with Gasteiger partial charge >= 0.3 is 0 Å². The maximum Gasteiger partial charge on any atom is 0.293 e. The van der Waals surface area contributed by atoms with E-state index >= 15 is 0 Å².